The molecule has 0 spiro atoms. The zero-order valence-electron chi connectivity index (χ0n) is 64.9. The third kappa shape index (κ3) is 22.0. The van der Waals surface area contributed by atoms with Crippen molar-refractivity contribution in [2.45, 2.75) is 319 Å². The molecule has 37 N–H and O–H groups in total. The summed E-state index contributed by atoms with van der Waals surface area (Å²) in [6.45, 7) is -12.6. The first-order chi connectivity index (χ1) is 58.6. The molecule has 125 heavy (non-hydrogen) atoms. The number of aliphatic carboxylic acids is 3. The molecule has 0 bridgehead atoms. The minimum Gasteiger partial charge on any atom is -0.477 e. The Labute approximate surface area is 701 Å². The van der Waals surface area contributed by atoms with E-state index < -0.39 is 410 Å². The third-order valence-corrected chi connectivity index (χ3v) is 23.6. The molecule has 10 saturated heterocycles. The zero-order chi connectivity index (χ0) is 92.6. The first-order valence-electron chi connectivity index (χ1n) is 38.6. The molecule has 0 amide bonds. The minimum atomic E-state index is -5.48. The number of carboxylic acids is 3. The average Bonchev–Trinajstić information content (AvgIpc) is 0.743. The topological polar surface area (TPSA) is 973 Å². The summed E-state index contributed by atoms with van der Waals surface area (Å²) in [4.78, 5) is 51.5. The van der Waals surface area contributed by atoms with Crippen LogP contribution in [0.1, 0.15) is 19.3 Å². The Balaban J connectivity index is 0.997. The summed E-state index contributed by atoms with van der Waals surface area (Å²) in [6, 6.07) is -3.22. The molecule has 0 aromatic carbocycles. The first-order valence-corrected chi connectivity index (χ1v) is 40.1. The number of ether oxygens (including phenoxy) is 18. The van der Waals surface area contributed by atoms with Crippen LogP contribution in [0.3, 0.4) is 0 Å². The molecule has 50 atom stereocenters. The summed E-state index contributed by atoms with van der Waals surface area (Å²) in [5.41, 5.74) is 11.8. The van der Waals surface area contributed by atoms with Crippen LogP contribution in [-0.2, 0) is 113 Å². The van der Waals surface area contributed by atoms with Gasteiger partial charge in [-0.15, -0.1) is 0 Å². The minimum absolute atomic E-state index is 0.523. The van der Waals surface area contributed by atoms with E-state index in [1.807, 2.05) is 0 Å². The molecule has 60 heteroatoms. The molecule has 0 aromatic heterocycles. The second-order valence-electron chi connectivity index (χ2n) is 31.2. The number of aliphatic hydroxyl groups excluding tert-OH is 28. The number of nitrogens with two attached hydrogens (primary N) is 2. The van der Waals surface area contributed by atoms with Crippen LogP contribution in [0.5, 0.6) is 0 Å². The number of hydrogen-bond donors (Lipinski definition) is 35. The smallest absolute Gasteiger partial charge is 0.474 e. The molecular formula is C65H109N2O57P. The zero-order valence-corrected chi connectivity index (χ0v) is 65.8. The number of hydrogen-bond acceptors (Lipinski definition) is 55. The largest absolute Gasteiger partial charge is 0.477 e. The lowest BCUT2D eigenvalue weighted by molar-refractivity contribution is -0.419. The maximum atomic E-state index is 14.0. The van der Waals surface area contributed by atoms with E-state index in [1.165, 1.54) is 0 Å². The van der Waals surface area contributed by atoms with Gasteiger partial charge in [0.05, 0.1) is 96.5 Å². The molecule has 10 aliphatic rings. The number of aliphatic hydroxyl groups is 29. The van der Waals surface area contributed by atoms with Crippen LogP contribution in [-0.4, -0.2) is 552 Å². The number of rotatable bonds is 35. The molecule has 0 aliphatic carbocycles. The normalized spacial score (nSPS) is 49.6. The van der Waals surface area contributed by atoms with Crippen molar-refractivity contribution < 1.29 is 282 Å². The summed E-state index contributed by atoms with van der Waals surface area (Å²) < 4.78 is 127. The number of carbonyl (C=O) groups is 3. The van der Waals surface area contributed by atoms with Gasteiger partial charge in [-0.05, 0) is 0 Å². The predicted octanol–water partition coefficient (Wildman–Crippen LogP) is -22.6. The van der Waals surface area contributed by atoms with Crippen LogP contribution < -0.4 is 11.5 Å². The molecule has 10 fully saturated rings. The van der Waals surface area contributed by atoms with Crippen LogP contribution in [0.2, 0.25) is 0 Å². The van der Waals surface area contributed by atoms with E-state index in [0.29, 0.717) is 0 Å². The van der Waals surface area contributed by atoms with Crippen molar-refractivity contribution in [1.29, 1.82) is 0 Å². The fourth-order valence-corrected chi connectivity index (χ4v) is 16.3. The molecule has 0 aromatic rings. The monoisotopic (exact) mass is 1860 g/mol. The van der Waals surface area contributed by atoms with Crippen molar-refractivity contribution in [3.63, 3.8) is 0 Å². The van der Waals surface area contributed by atoms with E-state index >= 15 is 0 Å². The second kappa shape index (κ2) is 42.8. The quantitative estimate of drug-likeness (QED) is 0.0262. The van der Waals surface area contributed by atoms with Crippen molar-refractivity contribution in [2.24, 2.45) is 11.5 Å². The molecule has 0 saturated carbocycles. The van der Waals surface area contributed by atoms with Gasteiger partial charge in [-0.2, -0.15) is 0 Å². The van der Waals surface area contributed by atoms with Crippen molar-refractivity contribution in [1.82, 2.24) is 0 Å². The lowest BCUT2D eigenvalue weighted by atomic mass is 9.89. The molecule has 726 valence electrons. The Morgan fingerprint density at radius 1 is 0.384 bits per heavy atom. The van der Waals surface area contributed by atoms with Crippen molar-refractivity contribution in [3.05, 3.63) is 0 Å². The van der Waals surface area contributed by atoms with Gasteiger partial charge in [0, 0.05) is 19.3 Å². The fraction of sp³-hybridized carbons (Fsp3) is 0.954. The molecular weight excluding hydrogens is 1750 g/mol. The van der Waals surface area contributed by atoms with Crippen molar-refractivity contribution in [3.8, 4) is 0 Å². The van der Waals surface area contributed by atoms with Gasteiger partial charge in [0.15, 0.2) is 44.0 Å². The van der Waals surface area contributed by atoms with Gasteiger partial charge in [0.25, 0.3) is 17.4 Å². The van der Waals surface area contributed by atoms with Gasteiger partial charge in [-0.25, -0.2) is 18.9 Å². The van der Waals surface area contributed by atoms with E-state index in [2.05, 4.69) is 0 Å². The lowest BCUT2D eigenvalue weighted by Gasteiger charge is -2.53. The van der Waals surface area contributed by atoms with Gasteiger partial charge < -0.3 is 265 Å². The molecule has 0 radical (unpaired) electrons. The van der Waals surface area contributed by atoms with E-state index in [9.17, 15) is 187 Å². The van der Waals surface area contributed by atoms with Gasteiger partial charge in [-0.1, -0.05) is 0 Å². The number of phosphoric acid groups is 1. The lowest BCUT2D eigenvalue weighted by Crippen LogP contribution is -2.71. The summed E-state index contributed by atoms with van der Waals surface area (Å²) >= 11 is 0. The molecule has 10 aliphatic heterocycles. The third-order valence-electron chi connectivity index (χ3n) is 22.7. The molecule has 1 unspecified atom stereocenters. The van der Waals surface area contributed by atoms with E-state index in [0.717, 1.165) is 0 Å². The molecule has 10 rings (SSSR count). The Morgan fingerprint density at radius 2 is 0.816 bits per heavy atom. The first kappa shape index (κ1) is 104. The highest BCUT2D eigenvalue weighted by atomic mass is 31.2. The van der Waals surface area contributed by atoms with Gasteiger partial charge >= 0.3 is 25.7 Å². The van der Waals surface area contributed by atoms with Crippen LogP contribution >= 0.6 is 7.82 Å². The summed E-state index contributed by atoms with van der Waals surface area (Å²) in [6.07, 6.45) is -109. The summed E-state index contributed by atoms with van der Waals surface area (Å²) in [7, 11) is -5.48. The summed E-state index contributed by atoms with van der Waals surface area (Å²) in [5, 5.41) is 353. The fourth-order valence-electron chi connectivity index (χ4n) is 15.5. The van der Waals surface area contributed by atoms with Crippen LogP contribution in [0, 0.1) is 0 Å². The van der Waals surface area contributed by atoms with Crippen molar-refractivity contribution >= 4 is 25.7 Å². The Morgan fingerprint density at radius 3 is 1.34 bits per heavy atom. The van der Waals surface area contributed by atoms with Crippen LogP contribution in [0.15, 0.2) is 0 Å². The predicted molar refractivity (Wildman–Crippen MR) is 372 cm³/mol. The molecule has 59 nitrogen and oxygen atoms in total. The second-order valence-corrected chi connectivity index (χ2v) is 32.6. The van der Waals surface area contributed by atoms with Gasteiger partial charge in [0.2, 0.25) is 0 Å². The number of carboxylic acid groups (broad SMARTS) is 3. The maximum absolute atomic E-state index is 14.0. The summed E-state index contributed by atoms with van der Waals surface area (Å²) in [5.74, 6) is -18.2. The standard InChI is InChI=1S/C65H109N2O57P/c66-14-11-105-54(41(92)28(14)79)124-125(103,104)107-13-26-33(84)36(87)27(67)53(113-26)108-19-3-65(62(100)101,122-46(34(19)85)17(77)5-69)119-20-2-63(102,60(96)97)120-47(18(78)6-70)49(20)116-57-44(95)40(91)48(24(10-74)112-57)115-59-52(118-56-43(94)38(89)31(82)22(8-72)110-56)50(123-64(61(98)99)1-15(75)29(80)45(121-64)16(76)4-68)35(86)25(114-59)12-106-58-51(39(90)32(83)23(9-73)111-58)117-55-42(93)37(88)30(81)21(7-71)109-55/h14-59,68-95,102H,1-13,66-67H2,(H,96,97)(H,98,99)(H,100,101)(H,103,104)/t14-,15+,16+,17+,18+,19+,20+,21+,22+,23+,24+,25+,26+,27+,28-,29+,30-,31-,32+,33+,34+,35+,36+,37-,38-,39-,40+,41+,42+,43+,44-,45+,46+,47+,48+,49+,50-,51-,52-,53-,54+,55+,56+,57+,58-,59+,63+,64-,65+/m0/s1. The Hall–Kier alpha value is -3.44. The highest BCUT2D eigenvalue weighted by Crippen LogP contribution is 2.49. The van der Waals surface area contributed by atoms with Crippen LogP contribution in [0.25, 0.3) is 0 Å². The van der Waals surface area contributed by atoms with Crippen LogP contribution in [0.4, 0.5) is 0 Å². The average molecular weight is 1860 g/mol. The van der Waals surface area contributed by atoms with Gasteiger partial charge in [-0.3, -0.25) is 9.05 Å². The van der Waals surface area contributed by atoms with E-state index in [1.54, 1.807) is 0 Å². The Bertz CT molecular complexity index is 3490. The maximum Gasteiger partial charge on any atom is 0.474 e. The highest BCUT2D eigenvalue weighted by molar-refractivity contribution is 7.47. The van der Waals surface area contributed by atoms with E-state index in [4.69, 9.17) is 106 Å². The number of phosphoric ester groups is 1. The molecule has 10 heterocycles. The van der Waals surface area contributed by atoms with E-state index in [-0.39, 0.29) is 0 Å². The van der Waals surface area contributed by atoms with Gasteiger partial charge in [0.1, 0.15) is 208 Å². The Kier molecular flexibility index (Phi) is 35.5. The van der Waals surface area contributed by atoms with Crippen molar-refractivity contribution in [2.75, 3.05) is 66.1 Å². The highest BCUT2D eigenvalue weighted by Gasteiger charge is 2.66. The SMILES string of the molecule is N[C@H]1[C@@H](O[C@@H]2C[C@](O[C@@H]3C[C@](O)(C(=O)O)O[C@H]([C@H](O)CO)[C@@H]3O[C@H]3O[C@H](CO)[C@@H](O[C@H]4O[C@H](CO[C@H]5O[C@H](CO)[C@@H](O)[C@H](O)[C@@H]5O[C@H]5O[C@H](CO)[C@H](O)[C@H](O)[C@H]5O)[C@@H](O)[C@H](O[C@]5(C(=O)O)C[C@@H](O)[C@@H](O)[C@@H]([C@H](O)CO)O5)[C@@H]4O[C@H]4O[C@H](CO)[C@H](O)[C@H](O)[C@H]4O)[C@H](O)[C@@H]3O)(C(=O)O)O[C@H]([C@H](O)CO)[C@@H]2O)O[C@H](COP(=O)(O)O[C@H]2OC[C@H](N)[C@H](O)[C@H]2O)[C@@H](O)[C@@H]1O.